The van der Waals surface area contributed by atoms with Gasteiger partial charge in [-0.1, -0.05) is 31.3 Å². The summed E-state index contributed by atoms with van der Waals surface area (Å²) in [6.07, 6.45) is -3.84. The molecule has 2 heterocycles. The number of hydrogen-bond acceptors (Lipinski definition) is 9. The van der Waals surface area contributed by atoms with E-state index in [0.717, 1.165) is 6.26 Å². The molecule has 0 bridgehead atoms. The molecule has 0 aliphatic carbocycles. The predicted molar refractivity (Wildman–Crippen MR) is 127 cm³/mol. The number of esters is 1. The molecule has 36 heavy (non-hydrogen) atoms. The highest BCUT2D eigenvalue weighted by molar-refractivity contribution is 7.90. The Morgan fingerprint density at radius 2 is 1.94 bits per heavy atom. The van der Waals surface area contributed by atoms with Crippen molar-refractivity contribution in [1.29, 1.82) is 0 Å². The maximum absolute atomic E-state index is 13.4. The molecular formula is C22H26F3N3O6S2. The molecule has 1 atom stereocenters. The van der Waals surface area contributed by atoms with Crippen LogP contribution >= 0.6 is 11.3 Å². The number of carboxylic acid groups (broad SMARTS) is 1. The number of rotatable bonds is 7. The third-order valence-electron chi connectivity index (χ3n) is 5.76. The summed E-state index contributed by atoms with van der Waals surface area (Å²) in [7, 11) is -3.65. The van der Waals surface area contributed by atoms with Crippen molar-refractivity contribution in [2.24, 2.45) is 5.92 Å². The van der Waals surface area contributed by atoms with Gasteiger partial charge in [0.1, 0.15) is 11.5 Å². The lowest BCUT2D eigenvalue weighted by Gasteiger charge is -2.44. The van der Waals surface area contributed by atoms with Gasteiger partial charge in [-0.15, -0.1) is 0 Å². The minimum absolute atomic E-state index is 0.0191. The minimum Gasteiger partial charge on any atom is -0.477 e. The van der Waals surface area contributed by atoms with Gasteiger partial charge in [0.05, 0.1) is 10.9 Å². The van der Waals surface area contributed by atoms with Crippen LogP contribution in [0.1, 0.15) is 41.7 Å². The topological polar surface area (TPSA) is 117 Å². The van der Waals surface area contributed by atoms with Crippen LogP contribution in [0.3, 0.4) is 0 Å². The van der Waals surface area contributed by atoms with Crippen molar-refractivity contribution in [3.63, 3.8) is 0 Å². The van der Waals surface area contributed by atoms with Crippen LogP contribution in [-0.4, -0.2) is 62.4 Å². The lowest BCUT2D eigenvalue weighted by molar-refractivity contribution is -0.142. The first kappa shape index (κ1) is 27.7. The van der Waals surface area contributed by atoms with E-state index in [1.807, 2.05) is 18.7 Å². The van der Waals surface area contributed by atoms with E-state index in [-0.39, 0.29) is 35.1 Å². The number of piperazine rings is 1. The first-order valence-corrected chi connectivity index (χ1v) is 13.6. The fraction of sp³-hybridized carbons (Fsp3) is 0.500. The molecule has 198 valence electrons. The third-order valence-corrected chi connectivity index (χ3v) is 8.02. The zero-order chi connectivity index (χ0) is 27.0. The summed E-state index contributed by atoms with van der Waals surface area (Å²) in [6.45, 7) is 5.73. The number of ether oxygens (including phenoxy) is 1. The SMILES string of the molecule is CC(=O)OCc1ccc(N2CCN(c3nc(C(F)(F)F)c(C(=O)O)s3)C(C(C)C)C2)cc1S(C)(=O)=O. The van der Waals surface area contributed by atoms with Crippen molar-refractivity contribution in [3.05, 3.63) is 34.3 Å². The Kier molecular flexibility index (Phi) is 7.89. The standard InChI is InChI=1S/C22H26F3N3O6S2/c1-12(2)16-10-27(15-6-5-14(11-34-13(3)29)17(9-15)36(4,32)33)7-8-28(16)21-26-19(22(23,24)25)18(35-21)20(30)31/h5-6,9,12,16H,7-8,10-11H2,1-4H3,(H,30,31). The number of nitrogens with zero attached hydrogens (tertiary/aromatic N) is 3. The van der Waals surface area contributed by atoms with Crippen molar-refractivity contribution < 1.29 is 41.0 Å². The summed E-state index contributed by atoms with van der Waals surface area (Å²) in [5.41, 5.74) is -0.492. The second-order valence-corrected chi connectivity index (χ2v) is 11.7. The first-order valence-electron chi connectivity index (χ1n) is 10.9. The van der Waals surface area contributed by atoms with Crippen molar-refractivity contribution in [2.45, 2.75) is 44.5 Å². The number of alkyl halides is 3. The van der Waals surface area contributed by atoms with E-state index in [4.69, 9.17) is 4.74 Å². The summed E-state index contributed by atoms with van der Waals surface area (Å²) in [5.74, 6) is -2.28. The average Bonchev–Trinajstić information content (AvgIpc) is 3.23. The fourth-order valence-electron chi connectivity index (χ4n) is 4.01. The van der Waals surface area contributed by atoms with E-state index in [1.54, 1.807) is 17.0 Å². The Balaban J connectivity index is 1.93. The average molecular weight is 550 g/mol. The van der Waals surface area contributed by atoms with Crippen LogP contribution in [0.4, 0.5) is 24.0 Å². The maximum atomic E-state index is 13.4. The number of carboxylic acids is 1. The van der Waals surface area contributed by atoms with Gasteiger partial charge in [-0.25, -0.2) is 18.2 Å². The largest absolute Gasteiger partial charge is 0.477 e. The second kappa shape index (κ2) is 10.2. The Labute approximate surface area is 210 Å². The molecule has 2 aromatic rings. The molecule has 1 aromatic carbocycles. The summed E-state index contributed by atoms with van der Waals surface area (Å²) < 4.78 is 69.9. The summed E-state index contributed by atoms with van der Waals surface area (Å²) in [4.78, 5) is 29.0. The van der Waals surface area contributed by atoms with Crippen molar-refractivity contribution in [3.8, 4) is 0 Å². The van der Waals surface area contributed by atoms with Gasteiger partial charge in [0, 0.05) is 44.1 Å². The molecule has 3 rings (SSSR count). The van der Waals surface area contributed by atoms with Crippen molar-refractivity contribution >= 4 is 43.9 Å². The molecule has 14 heteroatoms. The van der Waals surface area contributed by atoms with Gasteiger partial charge in [0.15, 0.2) is 20.7 Å². The highest BCUT2D eigenvalue weighted by Gasteiger charge is 2.42. The Morgan fingerprint density at radius 1 is 1.28 bits per heavy atom. The van der Waals surface area contributed by atoms with Crippen LogP contribution in [0.15, 0.2) is 23.1 Å². The lowest BCUT2D eigenvalue weighted by atomic mass is 9.99. The number of sulfone groups is 1. The fourth-order valence-corrected chi connectivity index (χ4v) is 5.95. The molecular weight excluding hydrogens is 523 g/mol. The Bertz CT molecular complexity index is 1260. The number of halogens is 3. The van der Waals surface area contributed by atoms with E-state index < -0.39 is 38.5 Å². The summed E-state index contributed by atoms with van der Waals surface area (Å²) in [5, 5.41) is 9.23. The summed E-state index contributed by atoms with van der Waals surface area (Å²) >= 11 is 0.491. The van der Waals surface area contributed by atoms with Crippen LogP contribution in [0, 0.1) is 5.92 Å². The molecule has 1 unspecified atom stereocenters. The quantitative estimate of drug-likeness (QED) is 0.516. The normalized spacial score (nSPS) is 16.9. The molecule has 0 spiro atoms. The molecule has 1 fully saturated rings. The second-order valence-electron chi connectivity index (χ2n) is 8.77. The number of aromatic nitrogens is 1. The van der Waals surface area contributed by atoms with E-state index in [2.05, 4.69) is 4.98 Å². The van der Waals surface area contributed by atoms with Gasteiger partial charge < -0.3 is 19.6 Å². The zero-order valence-corrected chi connectivity index (χ0v) is 21.6. The summed E-state index contributed by atoms with van der Waals surface area (Å²) in [6, 6.07) is 4.44. The molecule has 1 aromatic heterocycles. The van der Waals surface area contributed by atoms with E-state index in [0.29, 0.717) is 35.7 Å². The number of anilines is 2. The van der Waals surface area contributed by atoms with Gasteiger partial charge in [-0.05, 0) is 18.1 Å². The molecule has 1 N–H and O–H groups in total. The highest BCUT2D eigenvalue weighted by Crippen LogP contribution is 2.39. The lowest BCUT2D eigenvalue weighted by Crippen LogP contribution is -2.55. The van der Waals surface area contributed by atoms with Crippen molar-refractivity contribution in [2.75, 3.05) is 35.7 Å². The predicted octanol–water partition coefficient (Wildman–Crippen LogP) is 3.68. The molecule has 0 saturated carbocycles. The third kappa shape index (κ3) is 6.09. The zero-order valence-electron chi connectivity index (χ0n) is 20.0. The Hall–Kier alpha value is -2.87. The highest BCUT2D eigenvalue weighted by atomic mass is 32.2. The van der Waals surface area contributed by atoms with Crippen LogP contribution in [0.25, 0.3) is 0 Å². The van der Waals surface area contributed by atoms with E-state index >= 15 is 0 Å². The van der Waals surface area contributed by atoms with E-state index in [9.17, 15) is 36.3 Å². The van der Waals surface area contributed by atoms with Crippen LogP contribution in [0.5, 0.6) is 0 Å². The number of benzene rings is 1. The van der Waals surface area contributed by atoms with Gasteiger partial charge in [0.2, 0.25) is 0 Å². The Morgan fingerprint density at radius 3 is 2.44 bits per heavy atom. The number of carbonyl (C=O) groups is 2. The van der Waals surface area contributed by atoms with Gasteiger partial charge in [0.25, 0.3) is 0 Å². The van der Waals surface area contributed by atoms with Crippen LogP contribution in [0.2, 0.25) is 0 Å². The number of thiazole rings is 1. The van der Waals surface area contributed by atoms with Crippen molar-refractivity contribution in [1.82, 2.24) is 4.98 Å². The number of aromatic carboxylic acids is 1. The van der Waals surface area contributed by atoms with Crippen LogP contribution < -0.4 is 9.80 Å². The number of hydrogen-bond donors (Lipinski definition) is 1. The van der Waals surface area contributed by atoms with Gasteiger partial charge in [-0.3, -0.25) is 4.79 Å². The smallest absolute Gasteiger partial charge is 0.435 e. The molecule has 9 nitrogen and oxygen atoms in total. The van der Waals surface area contributed by atoms with E-state index in [1.165, 1.54) is 13.0 Å². The molecule has 0 amide bonds. The molecule has 1 aliphatic rings. The first-order chi connectivity index (χ1) is 16.6. The minimum atomic E-state index is -4.90. The number of carbonyl (C=O) groups excluding carboxylic acids is 1. The molecule has 1 saturated heterocycles. The molecule has 0 radical (unpaired) electrons. The van der Waals surface area contributed by atoms with Crippen LogP contribution in [-0.2, 0) is 32.2 Å². The van der Waals surface area contributed by atoms with Gasteiger partial charge >= 0.3 is 18.1 Å². The monoisotopic (exact) mass is 549 g/mol. The van der Waals surface area contributed by atoms with Gasteiger partial charge in [-0.2, -0.15) is 13.2 Å². The molecule has 1 aliphatic heterocycles. The maximum Gasteiger partial charge on any atom is 0.435 e.